The molecule has 0 aromatic carbocycles. The number of Topliss-reactive ketones (excluding diaryl/α,β-unsaturated/α-hetero) is 2. The van der Waals surface area contributed by atoms with Gasteiger partial charge in [-0.25, -0.2) is 9.78 Å². The summed E-state index contributed by atoms with van der Waals surface area (Å²) in [6.45, 7) is 10.5. The molecule has 7 heteroatoms. The summed E-state index contributed by atoms with van der Waals surface area (Å²) in [4.78, 5) is 41.7. The number of ketones is 2. The number of carboxylic acid groups (broad SMARTS) is 1. The standard InChI is InChI=1S/C28H35NO6/c1-15(30)14-28(34)22-16(7-8-18(29-22)24(32)33)17-13-20-26(4)11-6-10-25(2,3)19(26)9-12-27(20,5)35-21(17)23(28)31/h7-8,19-20,34H,6,9-14H2,1-5H3,(H,32,33)/t19-,20+,26-,27+,28?/m0/s1. The van der Waals surface area contributed by atoms with E-state index in [4.69, 9.17) is 4.74 Å². The Bertz CT molecular complexity index is 1180. The van der Waals surface area contributed by atoms with E-state index in [1.165, 1.54) is 19.4 Å². The van der Waals surface area contributed by atoms with Gasteiger partial charge in [-0.1, -0.05) is 33.3 Å². The van der Waals surface area contributed by atoms with Crippen LogP contribution in [0.4, 0.5) is 0 Å². The summed E-state index contributed by atoms with van der Waals surface area (Å²) in [7, 11) is 0. The number of carboxylic acids is 1. The third-order valence-electron chi connectivity index (χ3n) is 9.67. The third kappa shape index (κ3) is 3.34. The van der Waals surface area contributed by atoms with Crippen molar-refractivity contribution in [2.24, 2.45) is 22.7 Å². The minimum Gasteiger partial charge on any atom is -0.483 e. The second kappa shape index (κ2) is 7.48. The minimum absolute atomic E-state index is 0.0259. The number of nitrogens with zero attached hydrogens (tertiary/aromatic N) is 1. The van der Waals surface area contributed by atoms with E-state index in [9.17, 15) is 24.6 Å². The maximum atomic E-state index is 13.8. The van der Waals surface area contributed by atoms with Crippen LogP contribution in [0.25, 0.3) is 5.57 Å². The number of aliphatic hydroxyl groups is 1. The van der Waals surface area contributed by atoms with Crippen molar-refractivity contribution in [1.82, 2.24) is 4.98 Å². The van der Waals surface area contributed by atoms with Gasteiger partial charge in [0.05, 0.1) is 5.69 Å². The van der Waals surface area contributed by atoms with E-state index in [1.807, 2.05) is 0 Å². The Morgan fingerprint density at radius 3 is 2.49 bits per heavy atom. The van der Waals surface area contributed by atoms with Crippen molar-refractivity contribution in [3.63, 3.8) is 0 Å². The molecule has 0 saturated heterocycles. The largest absolute Gasteiger partial charge is 0.483 e. The Balaban J connectivity index is 1.68. The van der Waals surface area contributed by atoms with Crippen LogP contribution in [-0.4, -0.2) is 38.3 Å². The summed E-state index contributed by atoms with van der Waals surface area (Å²) < 4.78 is 6.60. The fourth-order valence-electron chi connectivity index (χ4n) is 8.14. The lowest BCUT2D eigenvalue weighted by molar-refractivity contribution is -0.186. The molecule has 2 N–H and O–H groups in total. The van der Waals surface area contributed by atoms with E-state index in [0.29, 0.717) is 23.5 Å². The molecule has 0 bridgehead atoms. The molecule has 1 aromatic rings. The molecule has 7 nitrogen and oxygen atoms in total. The van der Waals surface area contributed by atoms with Gasteiger partial charge in [0.25, 0.3) is 0 Å². The Morgan fingerprint density at radius 2 is 1.83 bits per heavy atom. The molecule has 5 rings (SSSR count). The Kier molecular flexibility index (Phi) is 5.17. The third-order valence-corrected chi connectivity index (χ3v) is 9.67. The lowest BCUT2D eigenvalue weighted by Gasteiger charge is -2.63. The van der Waals surface area contributed by atoms with Crippen LogP contribution in [0.1, 0.15) is 101 Å². The first kappa shape index (κ1) is 24.2. The summed E-state index contributed by atoms with van der Waals surface area (Å²) in [5, 5.41) is 21.1. The van der Waals surface area contributed by atoms with Crippen LogP contribution in [0.5, 0.6) is 0 Å². The Hall–Kier alpha value is -2.54. The molecule has 1 unspecified atom stereocenters. The van der Waals surface area contributed by atoms with E-state index >= 15 is 0 Å². The highest BCUT2D eigenvalue weighted by Gasteiger charge is 2.63. The maximum absolute atomic E-state index is 13.8. The van der Waals surface area contributed by atoms with E-state index in [-0.39, 0.29) is 33.9 Å². The summed E-state index contributed by atoms with van der Waals surface area (Å²) >= 11 is 0. The zero-order valence-electron chi connectivity index (χ0n) is 21.2. The number of aromatic carboxylic acids is 1. The fourth-order valence-corrected chi connectivity index (χ4v) is 8.14. The topological polar surface area (TPSA) is 114 Å². The van der Waals surface area contributed by atoms with Gasteiger partial charge in [-0.15, -0.1) is 0 Å². The van der Waals surface area contributed by atoms with Gasteiger partial charge >= 0.3 is 5.97 Å². The normalized spacial score (nSPS) is 37.4. The average molecular weight is 482 g/mol. The number of hydrogen-bond donors (Lipinski definition) is 2. The molecule has 35 heavy (non-hydrogen) atoms. The van der Waals surface area contributed by atoms with Crippen LogP contribution in [0, 0.1) is 22.7 Å². The average Bonchev–Trinajstić information content (AvgIpc) is 2.75. The van der Waals surface area contributed by atoms with Crippen molar-refractivity contribution in [2.45, 2.75) is 90.8 Å². The van der Waals surface area contributed by atoms with Crippen LogP contribution < -0.4 is 0 Å². The molecule has 3 aliphatic carbocycles. The molecular weight excluding hydrogens is 446 g/mol. The van der Waals surface area contributed by atoms with E-state index in [1.54, 1.807) is 6.07 Å². The van der Waals surface area contributed by atoms with Gasteiger partial charge in [-0.3, -0.25) is 9.59 Å². The fraction of sp³-hybridized carbons (Fsp3) is 0.643. The molecule has 0 spiro atoms. The van der Waals surface area contributed by atoms with Crippen molar-refractivity contribution in [1.29, 1.82) is 0 Å². The monoisotopic (exact) mass is 481 g/mol. The zero-order chi connectivity index (χ0) is 25.6. The highest BCUT2D eigenvalue weighted by Crippen LogP contribution is 2.66. The van der Waals surface area contributed by atoms with Crippen LogP contribution in [0.3, 0.4) is 0 Å². The molecule has 2 saturated carbocycles. The molecule has 5 atom stereocenters. The van der Waals surface area contributed by atoms with Gasteiger partial charge in [0.15, 0.2) is 11.4 Å². The summed E-state index contributed by atoms with van der Waals surface area (Å²) in [6, 6.07) is 3.00. The maximum Gasteiger partial charge on any atom is 0.354 e. The first-order valence-electron chi connectivity index (χ1n) is 12.7. The first-order chi connectivity index (χ1) is 16.2. The Labute approximate surface area is 206 Å². The van der Waals surface area contributed by atoms with Gasteiger partial charge in [-0.2, -0.15) is 0 Å². The van der Waals surface area contributed by atoms with Crippen molar-refractivity contribution in [2.75, 3.05) is 0 Å². The number of rotatable bonds is 3. The summed E-state index contributed by atoms with van der Waals surface area (Å²) in [5.74, 6) is -1.54. The van der Waals surface area contributed by atoms with Crippen LogP contribution in [-0.2, 0) is 19.9 Å². The smallest absolute Gasteiger partial charge is 0.354 e. The minimum atomic E-state index is -2.25. The molecule has 2 fully saturated rings. The van der Waals surface area contributed by atoms with Gasteiger partial charge in [0.2, 0.25) is 5.78 Å². The molecular formula is C28H35NO6. The number of pyridine rings is 1. The van der Waals surface area contributed by atoms with Crippen molar-refractivity contribution in [3.05, 3.63) is 34.8 Å². The number of fused-ring (bicyclic) bond motifs is 5. The highest BCUT2D eigenvalue weighted by atomic mass is 16.5. The molecule has 0 radical (unpaired) electrons. The SMILES string of the molecule is CC(=O)CC1(O)C(=O)C2=C(C[C@@H]3[C@@]4(C)CCCC(C)(C)[C@@H]4CC[C@@]3(C)O2)c2ccc(C(=O)O)nc21. The van der Waals surface area contributed by atoms with Gasteiger partial charge in [0, 0.05) is 23.5 Å². The van der Waals surface area contributed by atoms with Gasteiger partial charge in [-0.05, 0) is 68.8 Å². The summed E-state index contributed by atoms with van der Waals surface area (Å²) in [6.07, 6.45) is 5.40. The number of aromatic nitrogens is 1. The molecule has 2 heterocycles. The van der Waals surface area contributed by atoms with Crippen molar-refractivity contribution < 1.29 is 29.3 Å². The lowest BCUT2D eigenvalue weighted by atomic mass is 9.44. The number of hydrogen-bond acceptors (Lipinski definition) is 6. The first-order valence-corrected chi connectivity index (χ1v) is 12.7. The quantitative estimate of drug-likeness (QED) is 0.645. The van der Waals surface area contributed by atoms with E-state index < -0.39 is 35.2 Å². The van der Waals surface area contributed by atoms with Crippen LogP contribution in [0.15, 0.2) is 17.9 Å². The predicted molar refractivity (Wildman–Crippen MR) is 128 cm³/mol. The van der Waals surface area contributed by atoms with Crippen molar-refractivity contribution in [3.8, 4) is 0 Å². The predicted octanol–water partition coefficient (Wildman–Crippen LogP) is 4.66. The Morgan fingerprint density at radius 1 is 1.11 bits per heavy atom. The number of carbonyl (C=O) groups excluding carboxylic acids is 2. The van der Waals surface area contributed by atoms with Crippen LogP contribution >= 0.6 is 0 Å². The lowest BCUT2D eigenvalue weighted by Crippen LogP contribution is -2.60. The molecule has 1 aliphatic heterocycles. The summed E-state index contributed by atoms with van der Waals surface area (Å²) in [5.41, 5.74) is -1.70. The zero-order valence-corrected chi connectivity index (χ0v) is 21.2. The van der Waals surface area contributed by atoms with Gasteiger partial charge < -0.3 is 14.9 Å². The molecule has 0 amide bonds. The van der Waals surface area contributed by atoms with Crippen LogP contribution in [0.2, 0.25) is 0 Å². The van der Waals surface area contributed by atoms with Gasteiger partial charge in [0.1, 0.15) is 17.1 Å². The highest BCUT2D eigenvalue weighted by molar-refractivity contribution is 6.11. The second-order valence-electron chi connectivity index (χ2n) is 12.4. The molecule has 188 valence electrons. The second-order valence-corrected chi connectivity index (χ2v) is 12.4. The molecule has 4 aliphatic rings. The van der Waals surface area contributed by atoms with E-state index in [0.717, 1.165) is 25.7 Å². The number of carbonyl (C=O) groups is 3. The molecule has 1 aromatic heterocycles. The van der Waals surface area contributed by atoms with E-state index in [2.05, 4.69) is 32.7 Å². The van der Waals surface area contributed by atoms with Crippen molar-refractivity contribution >= 4 is 23.1 Å². The number of allylic oxidation sites excluding steroid dienone is 1. The number of ether oxygens (including phenoxy) is 1.